The van der Waals surface area contributed by atoms with Gasteiger partial charge in [-0.1, -0.05) is 38.8 Å². The van der Waals surface area contributed by atoms with Crippen LogP contribution in [0.3, 0.4) is 0 Å². The van der Waals surface area contributed by atoms with Crippen molar-refractivity contribution in [3.8, 4) is 0 Å². The number of hydrogen-bond acceptors (Lipinski definition) is 3. The lowest BCUT2D eigenvalue weighted by atomic mass is 9.48. The summed E-state index contributed by atoms with van der Waals surface area (Å²) >= 11 is 0. The molecular formula is C22H32O3. The molecule has 0 amide bonds. The molecular weight excluding hydrogens is 312 g/mol. The van der Waals surface area contributed by atoms with Crippen molar-refractivity contribution in [3.05, 3.63) is 23.8 Å². The van der Waals surface area contributed by atoms with E-state index in [9.17, 15) is 4.79 Å². The Kier molecular flexibility index (Phi) is 4.44. The van der Waals surface area contributed by atoms with Crippen molar-refractivity contribution in [2.24, 2.45) is 22.7 Å². The molecule has 1 unspecified atom stereocenters. The maximum absolute atomic E-state index is 11.2. The Balaban J connectivity index is 1.60. The summed E-state index contributed by atoms with van der Waals surface area (Å²) in [5.74, 6) is 1.08. The van der Waals surface area contributed by atoms with Gasteiger partial charge in [0.25, 0.3) is 0 Å². The maximum atomic E-state index is 11.2. The van der Waals surface area contributed by atoms with Crippen molar-refractivity contribution in [1.29, 1.82) is 0 Å². The number of allylic oxidation sites excluding steroid dienone is 3. The maximum Gasteiger partial charge on any atom is 0.160 e. The van der Waals surface area contributed by atoms with E-state index in [1.54, 1.807) is 6.08 Å². The largest absolute Gasteiger partial charge is 0.352 e. The van der Waals surface area contributed by atoms with Crippen LogP contribution in [0.15, 0.2) is 23.8 Å². The van der Waals surface area contributed by atoms with Crippen LogP contribution in [-0.2, 0) is 14.3 Å². The number of aldehydes is 1. The molecule has 0 spiro atoms. The van der Waals surface area contributed by atoms with Gasteiger partial charge in [0.15, 0.2) is 6.29 Å². The average molecular weight is 344 g/mol. The molecule has 0 radical (unpaired) electrons. The lowest BCUT2D eigenvalue weighted by Crippen LogP contribution is -2.60. The quantitative estimate of drug-likeness (QED) is 0.532. The van der Waals surface area contributed by atoms with Crippen LogP contribution in [0.1, 0.15) is 65.2 Å². The Morgan fingerprint density at radius 2 is 1.92 bits per heavy atom. The number of carbonyl (C=O) groups is 1. The van der Waals surface area contributed by atoms with Crippen molar-refractivity contribution < 1.29 is 14.3 Å². The number of fused-ring (bicyclic) bond motifs is 3. The summed E-state index contributed by atoms with van der Waals surface area (Å²) in [5.41, 5.74) is 2.38. The zero-order valence-corrected chi connectivity index (χ0v) is 15.8. The van der Waals surface area contributed by atoms with E-state index in [2.05, 4.69) is 20.4 Å². The van der Waals surface area contributed by atoms with E-state index in [1.807, 2.05) is 0 Å². The van der Waals surface area contributed by atoms with Crippen molar-refractivity contribution in [2.45, 2.75) is 77.6 Å². The second kappa shape index (κ2) is 6.35. The van der Waals surface area contributed by atoms with Crippen LogP contribution >= 0.6 is 0 Å². The molecule has 4 rings (SSSR count). The van der Waals surface area contributed by atoms with Gasteiger partial charge in [-0.05, 0) is 61.5 Å². The van der Waals surface area contributed by atoms with Crippen LogP contribution < -0.4 is 0 Å². The first-order chi connectivity index (χ1) is 12.0. The van der Waals surface area contributed by atoms with Crippen LogP contribution in [0, 0.1) is 22.7 Å². The first kappa shape index (κ1) is 17.5. The summed E-state index contributed by atoms with van der Waals surface area (Å²) in [6.07, 6.45) is 12.4. The van der Waals surface area contributed by atoms with Gasteiger partial charge >= 0.3 is 0 Å². The molecule has 4 fully saturated rings. The van der Waals surface area contributed by atoms with Gasteiger partial charge in [-0.2, -0.15) is 0 Å². The molecule has 4 aliphatic rings. The van der Waals surface area contributed by atoms with Gasteiger partial charge in [-0.15, -0.1) is 0 Å². The van der Waals surface area contributed by atoms with Gasteiger partial charge in [0, 0.05) is 11.3 Å². The summed E-state index contributed by atoms with van der Waals surface area (Å²) in [4.78, 5) is 11.2. The fourth-order valence-electron chi connectivity index (χ4n) is 6.45. The second-order valence-electron chi connectivity index (χ2n) is 9.22. The highest BCUT2D eigenvalue weighted by atomic mass is 16.7. The Morgan fingerprint density at radius 3 is 2.64 bits per heavy atom. The molecule has 0 bridgehead atoms. The Labute approximate surface area is 151 Å². The summed E-state index contributed by atoms with van der Waals surface area (Å²) in [5, 5.41) is 0. The fraction of sp³-hybridized carbons (Fsp3) is 0.773. The van der Waals surface area contributed by atoms with E-state index < -0.39 is 0 Å². The van der Waals surface area contributed by atoms with E-state index in [4.69, 9.17) is 9.47 Å². The molecule has 3 aliphatic carbocycles. The summed E-state index contributed by atoms with van der Waals surface area (Å²) < 4.78 is 12.9. The highest BCUT2D eigenvalue weighted by molar-refractivity contribution is 5.69. The van der Waals surface area contributed by atoms with Crippen LogP contribution in [0.2, 0.25) is 0 Å². The van der Waals surface area contributed by atoms with Gasteiger partial charge in [-0.3, -0.25) is 4.79 Å². The molecule has 1 heterocycles. The molecule has 0 aromatic carbocycles. The van der Waals surface area contributed by atoms with E-state index in [0.29, 0.717) is 11.8 Å². The molecule has 0 N–H and O–H groups in total. The standard InChI is InChI=1S/C22H32O3/c1-15-8-9-18-21(2,17(15)11-13-23)12-10-19-22(18,3)14-24-20(25-19)16-6-4-5-7-16/h11,13,16,18-20H,1,4-10,12,14H2,2-3H3/b17-11-/t18?,19-,20-,21+,22+/m1/s1. The predicted octanol–water partition coefficient (Wildman–Crippen LogP) is 4.82. The van der Waals surface area contributed by atoms with E-state index in [0.717, 1.165) is 44.1 Å². The number of ether oxygens (including phenoxy) is 2. The fourth-order valence-corrected chi connectivity index (χ4v) is 6.45. The zero-order valence-electron chi connectivity index (χ0n) is 15.8. The average Bonchev–Trinajstić information content (AvgIpc) is 3.12. The minimum atomic E-state index is 0.00785. The molecule has 138 valence electrons. The smallest absolute Gasteiger partial charge is 0.160 e. The Hall–Kier alpha value is -0.930. The van der Waals surface area contributed by atoms with Gasteiger partial charge in [-0.25, -0.2) is 0 Å². The molecule has 5 atom stereocenters. The van der Waals surface area contributed by atoms with Crippen LogP contribution in [0.5, 0.6) is 0 Å². The number of carbonyl (C=O) groups excluding carboxylic acids is 1. The molecule has 0 aromatic rings. The molecule has 3 heteroatoms. The van der Waals surface area contributed by atoms with Crippen molar-refractivity contribution >= 4 is 6.29 Å². The topological polar surface area (TPSA) is 35.5 Å². The Bertz CT molecular complexity index is 588. The lowest BCUT2D eigenvalue weighted by molar-refractivity contribution is -0.310. The summed E-state index contributed by atoms with van der Waals surface area (Å²) in [7, 11) is 0. The predicted molar refractivity (Wildman–Crippen MR) is 98.0 cm³/mol. The second-order valence-corrected chi connectivity index (χ2v) is 9.22. The zero-order chi connectivity index (χ0) is 17.7. The van der Waals surface area contributed by atoms with E-state index in [-0.39, 0.29) is 23.2 Å². The summed E-state index contributed by atoms with van der Waals surface area (Å²) in [6, 6.07) is 0. The number of rotatable bonds is 2. The molecule has 1 saturated heterocycles. The van der Waals surface area contributed by atoms with Gasteiger partial charge in [0.2, 0.25) is 0 Å². The monoisotopic (exact) mass is 344 g/mol. The van der Waals surface area contributed by atoms with Crippen molar-refractivity contribution in [2.75, 3.05) is 6.61 Å². The number of hydrogen-bond donors (Lipinski definition) is 0. The molecule has 1 aliphatic heterocycles. The first-order valence-electron chi connectivity index (χ1n) is 10.1. The minimum Gasteiger partial charge on any atom is -0.352 e. The van der Waals surface area contributed by atoms with Gasteiger partial charge in [0.1, 0.15) is 6.29 Å². The van der Waals surface area contributed by atoms with E-state index in [1.165, 1.54) is 31.3 Å². The lowest BCUT2D eigenvalue weighted by Gasteiger charge is -2.61. The third-order valence-corrected chi connectivity index (χ3v) is 7.83. The van der Waals surface area contributed by atoms with Crippen LogP contribution in [0.25, 0.3) is 0 Å². The summed E-state index contributed by atoms with van der Waals surface area (Å²) in [6.45, 7) is 9.74. The van der Waals surface area contributed by atoms with Gasteiger partial charge < -0.3 is 9.47 Å². The highest BCUT2D eigenvalue weighted by Gasteiger charge is 2.59. The van der Waals surface area contributed by atoms with Gasteiger partial charge in [0.05, 0.1) is 12.7 Å². The normalized spacial score (nSPS) is 46.7. The van der Waals surface area contributed by atoms with E-state index >= 15 is 0 Å². The molecule has 3 saturated carbocycles. The van der Waals surface area contributed by atoms with Crippen molar-refractivity contribution in [1.82, 2.24) is 0 Å². The van der Waals surface area contributed by atoms with Crippen molar-refractivity contribution in [3.63, 3.8) is 0 Å². The van der Waals surface area contributed by atoms with Crippen LogP contribution in [-0.4, -0.2) is 25.3 Å². The first-order valence-corrected chi connectivity index (χ1v) is 10.1. The third-order valence-electron chi connectivity index (χ3n) is 7.83. The highest BCUT2D eigenvalue weighted by Crippen LogP contribution is 2.62. The SMILES string of the molecule is C=C1CCC2[C@@](C)(CC[C@H]3O[C@H](C4CCCC4)OC[C@@]23C)/C1=C\C=O. The van der Waals surface area contributed by atoms with Crippen LogP contribution in [0.4, 0.5) is 0 Å². The molecule has 3 nitrogen and oxygen atoms in total. The Morgan fingerprint density at radius 1 is 1.16 bits per heavy atom. The minimum absolute atomic E-state index is 0.00785. The molecule has 0 aromatic heterocycles. The molecule has 25 heavy (non-hydrogen) atoms. The third kappa shape index (κ3) is 2.66.